The molecule has 3 saturated carbocycles. The van der Waals surface area contributed by atoms with E-state index in [0.29, 0.717) is 29.6 Å². The highest BCUT2D eigenvalue weighted by molar-refractivity contribution is 5.80. The first-order valence-corrected chi connectivity index (χ1v) is 10.5. The van der Waals surface area contributed by atoms with Crippen LogP contribution in [0.3, 0.4) is 0 Å². The second-order valence-electron chi connectivity index (χ2n) is 10.3. The fourth-order valence-corrected chi connectivity index (χ4v) is 8.38. The highest BCUT2D eigenvalue weighted by Gasteiger charge is 2.63. The molecule has 0 radical (unpaired) electrons. The molecule has 3 nitrogen and oxygen atoms in total. The molecule has 1 amide bonds. The summed E-state index contributed by atoms with van der Waals surface area (Å²) in [7, 11) is 2.03. The van der Waals surface area contributed by atoms with Gasteiger partial charge < -0.3 is 4.90 Å². The topological polar surface area (TPSA) is 37.4 Å². The van der Waals surface area contributed by atoms with Crippen molar-refractivity contribution in [3.8, 4) is 0 Å². The summed E-state index contributed by atoms with van der Waals surface area (Å²) in [6, 6.07) is 0.432. The summed E-state index contributed by atoms with van der Waals surface area (Å²) < 4.78 is 0. The molecule has 3 aliphatic carbocycles. The zero-order valence-electron chi connectivity index (χ0n) is 16.7. The molecule has 0 N–H and O–H groups in total. The van der Waals surface area contributed by atoms with Crippen molar-refractivity contribution >= 4 is 11.7 Å². The van der Waals surface area contributed by atoms with Crippen LogP contribution in [0.15, 0.2) is 0 Å². The first kappa shape index (κ1) is 17.5. The van der Waals surface area contributed by atoms with Gasteiger partial charge in [-0.3, -0.25) is 9.59 Å². The number of fused-ring (bicyclic) bond motifs is 5. The Labute approximate surface area is 152 Å². The van der Waals surface area contributed by atoms with E-state index in [1.54, 1.807) is 0 Å². The van der Waals surface area contributed by atoms with Crippen LogP contribution in [0.5, 0.6) is 0 Å². The van der Waals surface area contributed by atoms with Crippen LogP contribution < -0.4 is 0 Å². The summed E-state index contributed by atoms with van der Waals surface area (Å²) in [5.41, 5.74) is 0.496. The van der Waals surface area contributed by atoms with Gasteiger partial charge in [-0.2, -0.15) is 0 Å². The number of Topliss-reactive ketones (excluding diaryl/α,β-unsaturated/α-hetero) is 1. The predicted octanol–water partition coefficient (Wildman–Crippen LogP) is 4.30. The number of carbonyl (C=O) groups excluding carboxylic acids is 2. The molecule has 1 saturated heterocycles. The number of likely N-dealkylation sites (tertiary alicyclic amines) is 1. The van der Waals surface area contributed by atoms with Gasteiger partial charge in [0.15, 0.2) is 0 Å². The van der Waals surface area contributed by atoms with E-state index in [1.165, 1.54) is 25.7 Å². The third kappa shape index (κ3) is 2.23. The maximum atomic E-state index is 12.4. The van der Waals surface area contributed by atoms with E-state index in [1.807, 2.05) is 14.0 Å². The minimum atomic E-state index is 0.214. The van der Waals surface area contributed by atoms with Crippen LogP contribution >= 0.6 is 0 Å². The minimum absolute atomic E-state index is 0.214. The van der Waals surface area contributed by atoms with Gasteiger partial charge in [0.05, 0.1) is 0 Å². The van der Waals surface area contributed by atoms with Gasteiger partial charge in [0.1, 0.15) is 5.78 Å². The smallest absolute Gasteiger partial charge is 0.222 e. The van der Waals surface area contributed by atoms with Crippen LogP contribution in [0, 0.1) is 40.4 Å². The van der Waals surface area contributed by atoms with Crippen molar-refractivity contribution in [2.24, 2.45) is 40.4 Å². The SMILES string of the molecule is CC(=O)[C@H]1C(C)C[C@H]2[C@@H]3CCC4N(C)C(=O)CC[C@]4(C)[C@H]3CC[C@]12C. The van der Waals surface area contributed by atoms with E-state index in [9.17, 15) is 9.59 Å². The highest BCUT2D eigenvalue weighted by atomic mass is 16.2. The Morgan fingerprint density at radius 2 is 1.80 bits per heavy atom. The van der Waals surface area contributed by atoms with E-state index in [-0.39, 0.29) is 16.7 Å². The summed E-state index contributed by atoms with van der Waals surface area (Å²) in [6.07, 6.45) is 7.89. The number of hydrogen-bond donors (Lipinski definition) is 0. The molecule has 0 aromatic rings. The normalized spacial score (nSPS) is 52.4. The van der Waals surface area contributed by atoms with Gasteiger partial charge in [-0.15, -0.1) is 0 Å². The molecule has 25 heavy (non-hydrogen) atoms. The fourth-order valence-electron chi connectivity index (χ4n) is 8.38. The number of piperidine rings is 1. The summed E-state index contributed by atoms with van der Waals surface area (Å²) in [4.78, 5) is 26.7. The molecule has 1 aliphatic heterocycles. The number of hydrogen-bond acceptors (Lipinski definition) is 2. The predicted molar refractivity (Wildman–Crippen MR) is 98.9 cm³/mol. The van der Waals surface area contributed by atoms with Crippen molar-refractivity contribution in [2.45, 2.75) is 78.7 Å². The van der Waals surface area contributed by atoms with Crippen LogP contribution in [-0.4, -0.2) is 29.7 Å². The lowest BCUT2D eigenvalue weighted by atomic mass is 9.46. The Kier molecular flexibility index (Phi) is 3.91. The third-order valence-electron chi connectivity index (χ3n) is 9.34. The van der Waals surface area contributed by atoms with E-state index in [4.69, 9.17) is 0 Å². The van der Waals surface area contributed by atoms with Gasteiger partial charge in [0.2, 0.25) is 5.91 Å². The van der Waals surface area contributed by atoms with E-state index >= 15 is 0 Å². The highest BCUT2D eigenvalue weighted by Crippen LogP contribution is 2.67. The second-order valence-corrected chi connectivity index (χ2v) is 10.3. The largest absolute Gasteiger partial charge is 0.342 e. The molecular weight excluding hydrogens is 310 g/mol. The fraction of sp³-hybridized carbons (Fsp3) is 0.909. The van der Waals surface area contributed by atoms with Gasteiger partial charge >= 0.3 is 0 Å². The number of carbonyl (C=O) groups is 2. The molecule has 0 spiro atoms. The molecule has 140 valence electrons. The molecule has 4 fully saturated rings. The minimum Gasteiger partial charge on any atom is -0.342 e. The molecule has 1 heterocycles. The van der Waals surface area contributed by atoms with Crippen LogP contribution in [-0.2, 0) is 9.59 Å². The summed E-state index contributed by atoms with van der Waals surface area (Å²) in [5.74, 6) is 3.75. The van der Waals surface area contributed by atoms with Crippen LogP contribution in [0.25, 0.3) is 0 Å². The average Bonchev–Trinajstić information content (AvgIpc) is 2.81. The molecule has 3 heteroatoms. The van der Waals surface area contributed by atoms with Gasteiger partial charge in [0.25, 0.3) is 0 Å². The molecule has 0 aromatic carbocycles. The molecule has 8 atom stereocenters. The van der Waals surface area contributed by atoms with E-state index in [0.717, 1.165) is 31.1 Å². The number of nitrogens with zero attached hydrogens (tertiary/aromatic N) is 1. The quantitative estimate of drug-likeness (QED) is 0.710. The van der Waals surface area contributed by atoms with E-state index < -0.39 is 0 Å². The third-order valence-corrected chi connectivity index (χ3v) is 9.34. The average molecular weight is 346 g/mol. The summed E-state index contributed by atoms with van der Waals surface area (Å²) in [5, 5.41) is 0. The van der Waals surface area contributed by atoms with Gasteiger partial charge in [0, 0.05) is 25.4 Å². The Balaban J connectivity index is 1.66. The number of ketones is 1. The molecule has 4 aliphatic rings. The summed E-state index contributed by atoms with van der Waals surface area (Å²) >= 11 is 0. The lowest BCUT2D eigenvalue weighted by Gasteiger charge is -2.61. The van der Waals surface area contributed by atoms with Crippen molar-refractivity contribution in [3.63, 3.8) is 0 Å². The van der Waals surface area contributed by atoms with Crippen molar-refractivity contribution in [1.29, 1.82) is 0 Å². The lowest BCUT2D eigenvalue weighted by Crippen LogP contribution is -2.61. The van der Waals surface area contributed by atoms with Gasteiger partial charge in [-0.05, 0) is 80.0 Å². The zero-order valence-corrected chi connectivity index (χ0v) is 16.7. The first-order valence-electron chi connectivity index (χ1n) is 10.5. The Hall–Kier alpha value is -0.860. The lowest BCUT2D eigenvalue weighted by molar-refractivity contribution is -0.159. The molecule has 4 rings (SSSR count). The standard InChI is InChI=1S/C22H35NO2/c1-13-12-17-15-6-7-18-21(3,11-9-19(25)23(18)5)16(15)8-10-22(17,4)20(13)14(2)24/h13,15-18,20H,6-12H2,1-5H3/t13?,15-,16+,17+,18?,20-,21-,22+/m1/s1. The zero-order chi connectivity index (χ0) is 18.1. The Morgan fingerprint density at radius 3 is 2.48 bits per heavy atom. The Bertz CT molecular complexity index is 601. The maximum Gasteiger partial charge on any atom is 0.222 e. The van der Waals surface area contributed by atoms with Crippen molar-refractivity contribution in [1.82, 2.24) is 4.90 Å². The van der Waals surface area contributed by atoms with Crippen LogP contribution in [0.1, 0.15) is 72.6 Å². The second kappa shape index (κ2) is 5.57. The molecular formula is C22H35NO2. The van der Waals surface area contributed by atoms with Crippen molar-refractivity contribution < 1.29 is 9.59 Å². The maximum absolute atomic E-state index is 12.4. The first-order chi connectivity index (χ1) is 11.7. The van der Waals surface area contributed by atoms with Gasteiger partial charge in [-0.25, -0.2) is 0 Å². The monoisotopic (exact) mass is 345 g/mol. The summed E-state index contributed by atoms with van der Waals surface area (Å²) in [6.45, 7) is 9.03. The molecule has 0 aromatic heterocycles. The van der Waals surface area contributed by atoms with Crippen LogP contribution in [0.4, 0.5) is 0 Å². The molecule has 2 unspecified atom stereocenters. The van der Waals surface area contributed by atoms with E-state index in [2.05, 4.69) is 25.7 Å². The van der Waals surface area contributed by atoms with Crippen molar-refractivity contribution in [2.75, 3.05) is 7.05 Å². The molecule has 0 bridgehead atoms. The van der Waals surface area contributed by atoms with Gasteiger partial charge in [-0.1, -0.05) is 20.8 Å². The van der Waals surface area contributed by atoms with Crippen molar-refractivity contribution in [3.05, 3.63) is 0 Å². The Morgan fingerprint density at radius 1 is 1.08 bits per heavy atom. The number of amides is 1. The van der Waals surface area contributed by atoms with Crippen LogP contribution in [0.2, 0.25) is 0 Å². The number of rotatable bonds is 1.